The Labute approximate surface area is 168 Å². The van der Waals surface area contributed by atoms with Crippen molar-refractivity contribution >= 4 is 16.6 Å². The Balaban J connectivity index is 2.34. The van der Waals surface area contributed by atoms with Crippen molar-refractivity contribution in [3.63, 3.8) is 0 Å². The van der Waals surface area contributed by atoms with Crippen molar-refractivity contribution in [2.24, 2.45) is 5.41 Å². The molecular formula is C23H36O2Si2. The highest BCUT2D eigenvalue weighted by molar-refractivity contribution is 6.70. The lowest BCUT2D eigenvalue weighted by Gasteiger charge is -2.38. The fourth-order valence-corrected chi connectivity index (χ4v) is 4.58. The SMILES string of the molecule is C[Si](C)(C)OCC(CO[Si](C)(C)C)(Cc1ccccc1)Cc1ccccc1. The summed E-state index contributed by atoms with van der Waals surface area (Å²) < 4.78 is 13.0. The highest BCUT2D eigenvalue weighted by Crippen LogP contribution is 2.31. The maximum Gasteiger partial charge on any atom is 0.183 e. The molecule has 0 N–H and O–H groups in total. The fraction of sp³-hybridized carbons (Fsp3) is 0.478. The van der Waals surface area contributed by atoms with Crippen molar-refractivity contribution in [1.82, 2.24) is 0 Å². The van der Waals surface area contributed by atoms with E-state index in [4.69, 9.17) is 8.85 Å². The molecule has 0 aliphatic carbocycles. The lowest BCUT2D eigenvalue weighted by Crippen LogP contribution is -2.44. The maximum atomic E-state index is 6.48. The van der Waals surface area contributed by atoms with Crippen LogP contribution in [0, 0.1) is 5.41 Å². The van der Waals surface area contributed by atoms with E-state index in [1.807, 2.05) is 0 Å². The molecule has 0 fully saturated rings. The van der Waals surface area contributed by atoms with Crippen LogP contribution in [0.3, 0.4) is 0 Å². The first kappa shape index (κ1) is 22.1. The van der Waals surface area contributed by atoms with Crippen LogP contribution in [0.15, 0.2) is 60.7 Å². The summed E-state index contributed by atoms with van der Waals surface area (Å²) in [6.07, 6.45) is 1.94. The van der Waals surface area contributed by atoms with Crippen molar-refractivity contribution < 1.29 is 8.85 Å². The first-order valence-electron chi connectivity index (χ1n) is 9.93. The van der Waals surface area contributed by atoms with Crippen molar-refractivity contribution in [2.75, 3.05) is 13.2 Å². The molecule has 0 saturated heterocycles. The van der Waals surface area contributed by atoms with Gasteiger partial charge in [-0.2, -0.15) is 0 Å². The van der Waals surface area contributed by atoms with Crippen molar-refractivity contribution in [1.29, 1.82) is 0 Å². The highest BCUT2D eigenvalue weighted by atomic mass is 28.4. The molecule has 0 aromatic heterocycles. The van der Waals surface area contributed by atoms with Gasteiger partial charge in [-0.15, -0.1) is 0 Å². The minimum absolute atomic E-state index is 0.0523. The molecule has 0 saturated carbocycles. The molecule has 0 amide bonds. The van der Waals surface area contributed by atoms with Crippen LogP contribution in [0.1, 0.15) is 11.1 Å². The normalized spacial score (nSPS) is 13.0. The van der Waals surface area contributed by atoms with Gasteiger partial charge in [-0.1, -0.05) is 60.7 Å². The second-order valence-electron chi connectivity index (χ2n) is 9.63. The summed E-state index contributed by atoms with van der Waals surface area (Å²) in [6.45, 7) is 15.1. The zero-order chi connectivity index (χ0) is 20.0. The predicted molar refractivity (Wildman–Crippen MR) is 121 cm³/mol. The largest absolute Gasteiger partial charge is 0.417 e. The molecule has 0 unspecified atom stereocenters. The zero-order valence-corrected chi connectivity index (χ0v) is 19.9. The van der Waals surface area contributed by atoms with Gasteiger partial charge >= 0.3 is 0 Å². The molecule has 27 heavy (non-hydrogen) atoms. The number of rotatable bonds is 10. The van der Waals surface area contributed by atoms with Gasteiger partial charge < -0.3 is 8.85 Å². The minimum Gasteiger partial charge on any atom is -0.417 e. The fourth-order valence-electron chi connectivity index (χ4n) is 3.11. The van der Waals surface area contributed by atoms with Gasteiger partial charge in [0.1, 0.15) is 0 Å². The van der Waals surface area contributed by atoms with E-state index in [-0.39, 0.29) is 5.41 Å². The summed E-state index contributed by atoms with van der Waals surface area (Å²) in [5, 5.41) is 0. The summed E-state index contributed by atoms with van der Waals surface area (Å²) in [6, 6.07) is 21.6. The van der Waals surface area contributed by atoms with E-state index in [0.29, 0.717) is 0 Å². The molecule has 4 heteroatoms. The van der Waals surface area contributed by atoms with E-state index in [1.165, 1.54) is 11.1 Å². The van der Waals surface area contributed by atoms with E-state index in [2.05, 4.69) is 99.9 Å². The van der Waals surface area contributed by atoms with Crippen LogP contribution in [0.2, 0.25) is 39.3 Å². The molecule has 0 aliphatic heterocycles. The third-order valence-electron chi connectivity index (χ3n) is 4.47. The Morgan fingerprint density at radius 2 is 0.926 bits per heavy atom. The summed E-state index contributed by atoms with van der Waals surface area (Å²) in [7, 11) is -3.24. The standard InChI is InChI=1S/C23H36O2Si2/c1-26(2,3)24-19-23(20-25-27(4,5)6,17-21-13-9-7-10-14-21)18-22-15-11-8-12-16-22/h7-16H,17-20H2,1-6H3. The highest BCUT2D eigenvalue weighted by Gasteiger charge is 2.35. The van der Waals surface area contributed by atoms with Gasteiger partial charge in [-0.3, -0.25) is 0 Å². The lowest BCUT2D eigenvalue weighted by atomic mass is 9.78. The van der Waals surface area contributed by atoms with E-state index in [1.54, 1.807) is 0 Å². The average molecular weight is 401 g/mol. The molecule has 2 nitrogen and oxygen atoms in total. The number of benzene rings is 2. The molecule has 2 rings (SSSR count). The van der Waals surface area contributed by atoms with Crippen LogP contribution in [0.5, 0.6) is 0 Å². The van der Waals surface area contributed by atoms with Crippen LogP contribution in [-0.4, -0.2) is 29.8 Å². The minimum atomic E-state index is -1.62. The van der Waals surface area contributed by atoms with Crippen LogP contribution in [0.25, 0.3) is 0 Å². The molecular weight excluding hydrogens is 364 g/mol. The van der Waals surface area contributed by atoms with Gasteiger partial charge in [0.05, 0.1) is 0 Å². The Hall–Kier alpha value is -1.21. The average Bonchev–Trinajstić information content (AvgIpc) is 2.59. The quantitative estimate of drug-likeness (QED) is 0.445. The smallest absolute Gasteiger partial charge is 0.183 e. The number of hydrogen-bond acceptors (Lipinski definition) is 2. The molecule has 0 bridgehead atoms. The predicted octanol–water partition coefficient (Wildman–Crippen LogP) is 6.16. The second-order valence-corrected chi connectivity index (χ2v) is 18.7. The van der Waals surface area contributed by atoms with Gasteiger partial charge in [-0.05, 0) is 63.3 Å². The summed E-state index contributed by atoms with van der Waals surface area (Å²) in [5.74, 6) is 0. The van der Waals surface area contributed by atoms with E-state index < -0.39 is 16.6 Å². The molecule has 0 radical (unpaired) electrons. The van der Waals surface area contributed by atoms with E-state index in [9.17, 15) is 0 Å². The van der Waals surface area contributed by atoms with Gasteiger partial charge in [-0.25, -0.2) is 0 Å². The van der Waals surface area contributed by atoms with Crippen LogP contribution >= 0.6 is 0 Å². The molecule has 0 heterocycles. The zero-order valence-electron chi connectivity index (χ0n) is 17.9. The summed E-state index contributed by atoms with van der Waals surface area (Å²) in [5.41, 5.74) is 2.65. The maximum absolute atomic E-state index is 6.48. The van der Waals surface area contributed by atoms with E-state index in [0.717, 1.165) is 26.1 Å². The van der Waals surface area contributed by atoms with Crippen molar-refractivity contribution in [3.8, 4) is 0 Å². The van der Waals surface area contributed by atoms with Crippen LogP contribution in [-0.2, 0) is 21.7 Å². The molecule has 148 valence electrons. The Kier molecular flexibility index (Phi) is 7.63. The van der Waals surface area contributed by atoms with Crippen molar-refractivity contribution in [3.05, 3.63) is 71.8 Å². The monoisotopic (exact) mass is 400 g/mol. The molecule has 2 aromatic rings. The van der Waals surface area contributed by atoms with Crippen LogP contribution in [0.4, 0.5) is 0 Å². The Bertz CT molecular complexity index is 612. The number of hydrogen-bond donors (Lipinski definition) is 0. The topological polar surface area (TPSA) is 18.5 Å². The Morgan fingerprint density at radius 1 is 0.593 bits per heavy atom. The summed E-state index contributed by atoms with van der Waals surface area (Å²) >= 11 is 0. The van der Waals surface area contributed by atoms with Gasteiger partial charge in [0, 0.05) is 18.6 Å². The third kappa shape index (κ3) is 8.56. The van der Waals surface area contributed by atoms with E-state index >= 15 is 0 Å². The van der Waals surface area contributed by atoms with Gasteiger partial charge in [0.25, 0.3) is 0 Å². The Morgan fingerprint density at radius 3 is 1.22 bits per heavy atom. The third-order valence-corrected chi connectivity index (χ3v) is 6.49. The molecule has 0 spiro atoms. The molecule has 0 atom stereocenters. The summed E-state index contributed by atoms with van der Waals surface area (Å²) in [4.78, 5) is 0. The first-order chi connectivity index (χ1) is 12.6. The molecule has 0 aliphatic rings. The van der Waals surface area contributed by atoms with Crippen LogP contribution < -0.4 is 0 Å². The lowest BCUT2D eigenvalue weighted by molar-refractivity contribution is 0.0711. The second kappa shape index (κ2) is 9.33. The first-order valence-corrected chi connectivity index (χ1v) is 16.7. The van der Waals surface area contributed by atoms with Gasteiger partial charge in [0.2, 0.25) is 0 Å². The van der Waals surface area contributed by atoms with Crippen molar-refractivity contribution in [2.45, 2.75) is 52.1 Å². The van der Waals surface area contributed by atoms with Gasteiger partial charge in [0.15, 0.2) is 16.6 Å². The molecule has 2 aromatic carbocycles.